The molecular formula is C8H17Br. The fourth-order valence-electron chi connectivity index (χ4n) is 1.31. The lowest BCUT2D eigenvalue weighted by molar-refractivity contribution is 0.385. The molecule has 0 aromatic carbocycles. The molecule has 1 saturated carbocycles. The van der Waals surface area contributed by atoms with Gasteiger partial charge in [-0.1, -0.05) is 55.0 Å². The maximum absolute atomic E-state index is 2.94. The van der Waals surface area contributed by atoms with E-state index in [0.717, 1.165) is 5.92 Å². The van der Waals surface area contributed by atoms with Crippen LogP contribution in [0.3, 0.4) is 0 Å². The zero-order chi connectivity index (χ0) is 7.11. The molecular weight excluding hydrogens is 176 g/mol. The second-order valence-electron chi connectivity index (χ2n) is 2.74. The first-order chi connectivity index (χ1) is 4.39. The molecule has 0 heterocycles. The van der Waals surface area contributed by atoms with Crippen molar-refractivity contribution in [3.8, 4) is 0 Å². The van der Waals surface area contributed by atoms with Crippen molar-refractivity contribution >= 4 is 15.9 Å². The van der Waals surface area contributed by atoms with Crippen molar-refractivity contribution in [3.63, 3.8) is 0 Å². The van der Waals surface area contributed by atoms with E-state index in [2.05, 4.69) is 22.9 Å². The van der Waals surface area contributed by atoms with Gasteiger partial charge in [0.05, 0.1) is 0 Å². The second kappa shape index (κ2) is 6.60. The van der Waals surface area contributed by atoms with Crippen molar-refractivity contribution in [1.29, 1.82) is 0 Å². The van der Waals surface area contributed by atoms with Crippen LogP contribution in [0, 0.1) is 5.92 Å². The van der Waals surface area contributed by atoms with Gasteiger partial charge in [-0.3, -0.25) is 0 Å². The van der Waals surface area contributed by atoms with Crippen LogP contribution in [0.25, 0.3) is 0 Å². The van der Waals surface area contributed by atoms with E-state index in [4.69, 9.17) is 0 Å². The summed E-state index contributed by atoms with van der Waals surface area (Å²) in [4.78, 5) is 0. The Bertz CT molecular complexity index is 46.5. The van der Waals surface area contributed by atoms with E-state index in [1.807, 2.05) is 5.83 Å². The zero-order valence-electron chi connectivity index (χ0n) is 6.49. The number of alkyl halides is 1. The molecule has 0 saturated heterocycles. The standard InChI is InChI=1S/C7H14.CH3Br/c1-7-5-3-2-4-6-7;1-2/h7H,2-6H2,1H3;1H3. The van der Waals surface area contributed by atoms with Gasteiger partial charge in [-0.25, -0.2) is 0 Å². The Hall–Kier alpha value is 0.480. The minimum absolute atomic E-state index is 1.04. The summed E-state index contributed by atoms with van der Waals surface area (Å²) < 4.78 is 0. The molecule has 1 heteroatoms. The average molecular weight is 193 g/mol. The summed E-state index contributed by atoms with van der Waals surface area (Å²) >= 11 is 2.94. The molecule has 0 amide bonds. The zero-order valence-corrected chi connectivity index (χ0v) is 8.08. The van der Waals surface area contributed by atoms with Crippen LogP contribution in [0.1, 0.15) is 39.0 Å². The summed E-state index contributed by atoms with van der Waals surface area (Å²) in [5.41, 5.74) is 0. The van der Waals surface area contributed by atoms with Gasteiger partial charge in [-0.05, 0) is 11.8 Å². The molecule has 9 heavy (non-hydrogen) atoms. The van der Waals surface area contributed by atoms with Crippen LogP contribution in [0.4, 0.5) is 0 Å². The van der Waals surface area contributed by atoms with Crippen molar-refractivity contribution in [3.05, 3.63) is 0 Å². The molecule has 1 aliphatic rings. The van der Waals surface area contributed by atoms with Crippen LogP contribution >= 0.6 is 15.9 Å². The van der Waals surface area contributed by atoms with Crippen LogP contribution < -0.4 is 0 Å². The smallest absolute Gasteiger partial charge is 0.00848 e. The van der Waals surface area contributed by atoms with E-state index in [1.165, 1.54) is 32.1 Å². The lowest BCUT2D eigenvalue weighted by atomic mass is 9.91. The summed E-state index contributed by atoms with van der Waals surface area (Å²) in [6.45, 7) is 2.36. The molecule has 0 aromatic heterocycles. The highest BCUT2D eigenvalue weighted by Gasteiger charge is 2.05. The molecule has 0 atom stereocenters. The van der Waals surface area contributed by atoms with Crippen LogP contribution in [-0.2, 0) is 0 Å². The normalized spacial score (nSPS) is 20.3. The lowest BCUT2D eigenvalue weighted by Crippen LogP contribution is -1.99. The molecule has 1 rings (SSSR count). The first-order valence-corrected chi connectivity index (χ1v) is 5.36. The molecule has 0 nitrogen and oxygen atoms in total. The topological polar surface area (TPSA) is 0 Å². The Morgan fingerprint density at radius 3 is 1.67 bits per heavy atom. The third-order valence-corrected chi connectivity index (χ3v) is 1.89. The largest absolute Gasteiger partial charge is 0.0966 e. The van der Waals surface area contributed by atoms with Gasteiger partial charge in [0.25, 0.3) is 0 Å². The third kappa shape index (κ3) is 4.95. The van der Waals surface area contributed by atoms with E-state index in [1.54, 1.807) is 0 Å². The first kappa shape index (κ1) is 9.48. The Balaban J connectivity index is 0.000000291. The Labute approximate surface area is 67.2 Å². The van der Waals surface area contributed by atoms with Crippen molar-refractivity contribution in [1.82, 2.24) is 0 Å². The van der Waals surface area contributed by atoms with E-state index < -0.39 is 0 Å². The van der Waals surface area contributed by atoms with Gasteiger partial charge in [-0.15, -0.1) is 0 Å². The van der Waals surface area contributed by atoms with Crippen LogP contribution in [0.5, 0.6) is 0 Å². The van der Waals surface area contributed by atoms with Gasteiger partial charge >= 0.3 is 0 Å². The Kier molecular flexibility index (Phi) is 6.95. The summed E-state index contributed by atoms with van der Waals surface area (Å²) in [7, 11) is 0. The fourth-order valence-corrected chi connectivity index (χ4v) is 1.31. The number of hydrogen-bond donors (Lipinski definition) is 0. The molecule has 0 aromatic rings. The number of halogens is 1. The quantitative estimate of drug-likeness (QED) is 0.515. The van der Waals surface area contributed by atoms with Crippen LogP contribution in [0.2, 0.25) is 0 Å². The maximum atomic E-state index is 2.94. The van der Waals surface area contributed by atoms with Gasteiger partial charge in [0.1, 0.15) is 0 Å². The van der Waals surface area contributed by atoms with Gasteiger partial charge < -0.3 is 0 Å². The number of rotatable bonds is 0. The summed E-state index contributed by atoms with van der Waals surface area (Å²) in [5.74, 6) is 2.85. The van der Waals surface area contributed by atoms with E-state index in [0.29, 0.717) is 0 Å². The average Bonchev–Trinajstić information content (AvgIpc) is 1.94. The van der Waals surface area contributed by atoms with Crippen molar-refractivity contribution in [2.45, 2.75) is 39.0 Å². The fraction of sp³-hybridized carbons (Fsp3) is 1.00. The van der Waals surface area contributed by atoms with Gasteiger partial charge in [-0.2, -0.15) is 0 Å². The Morgan fingerprint density at radius 2 is 1.44 bits per heavy atom. The van der Waals surface area contributed by atoms with Crippen molar-refractivity contribution in [2.75, 3.05) is 5.83 Å². The molecule has 1 fully saturated rings. The van der Waals surface area contributed by atoms with E-state index in [9.17, 15) is 0 Å². The minimum atomic E-state index is 1.04. The first-order valence-electron chi connectivity index (χ1n) is 3.77. The van der Waals surface area contributed by atoms with Gasteiger partial charge in [0, 0.05) is 0 Å². The monoisotopic (exact) mass is 192 g/mol. The predicted molar refractivity (Wildman–Crippen MR) is 47.1 cm³/mol. The molecule has 0 radical (unpaired) electrons. The van der Waals surface area contributed by atoms with Gasteiger partial charge in [0.2, 0.25) is 0 Å². The summed E-state index contributed by atoms with van der Waals surface area (Å²) in [6.07, 6.45) is 7.44. The van der Waals surface area contributed by atoms with Crippen molar-refractivity contribution < 1.29 is 0 Å². The van der Waals surface area contributed by atoms with Crippen LogP contribution in [-0.4, -0.2) is 5.83 Å². The molecule has 0 bridgehead atoms. The van der Waals surface area contributed by atoms with Crippen LogP contribution in [0.15, 0.2) is 0 Å². The van der Waals surface area contributed by atoms with E-state index in [-0.39, 0.29) is 0 Å². The minimum Gasteiger partial charge on any atom is -0.0966 e. The maximum Gasteiger partial charge on any atom is -0.00848 e. The highest BCUT2D eigenvalue weighted by molar-refractivity contribution is 9.08. The molecule has 0 unspecified atom stereocenters. The molecule has 56 valence electrons. The summed E-state index contributed by atoms with van der Waals surface area (Å²) in [5, 5.41) is 0. The molecule has 1 aliphatic carbocycles. The molecule has 0 aliphatic heterocycles. The molecule has 0 N–H and O–H groups in total. The van der Waals surface area contributed by atoms with Crippen molar-refractivity contribution in [2.24, 2.45) is 5.92 Å². The lowest BCUT2D eigenvalue weighted by Gasteiger charge is -2.15. The van der Waals surface area contributed by atoms with Gasteiger partial charge in [0.15, 0.2) is 0 Å². The third-order valence-electron chi connectivity index (χ3n) is 1.89. The predicted octanol–water partition coefficient (Wildman–Crippen LogP) is 3.60. The second-order valence-corrected chi connectivity index (χ2v) is 2.74. The number of hydrogen-bond acceptors (Lipinski definition) is 0. The summed E-state index contributed by atoms with van der Waals surface area (Å²) in [6, 6.07) is 0. The Morgan fingerprint density at radius 1 is 1.00 bits per heavy atom. The molecule has 0 spiro atoms. The SMILES string of the molecule is CBr.CC1CCCCC1. The highest BCUT2D eigenvalue weighted by atomic mass is 79.9. The van der Waals surface area contributed by atoms with E-state index >= 15 is 0 Å². The highest BCUT2D eigenvalue weighted by Crippen LogP contribution is 2.21.